The van der Waals surface area contributed by atoms with E-state index in [2.05, 4.69) is 0 Å². The zero-order valence-electron chi connectivity index (χ0n) is 3.39. The molecule has 0 aromatic carbocycles. The number of hydrogen-bond donors (Lipinski definition) is 0. The van der Waals surface area contributed by atoms with Gasteiger partial charge in [-0.05, 0) is 0 Å². The van der Waals surface area contributed by atoms with Gasteiger partial charge in [0.15, 0.2) is 0 Å². The monoisotopic (exact) mass is 111 g/mol. The first-order valence-corrected chi connectivity index (χ1v) is 2.81. The molecule has 0 saturated carbocycles. The summed E-state index contributed by atoms with van der Waals surface area (Å²) in [7, 11) is 0. The van der Waals surface area contributed by atoms with Crippen molar-refractivity contribution in [1.82, 2.24) is 0 Å². The Kier molecular flexibility index (Phi) is 2.73. The molecule has 0 aliphatic carbocycles. The van der Waals surface area contributed by atoms with Crippen molar-refractivity contribution in [3.63, 3.8) is 0 Å². The normalized spacial score (nSPS) is 8.60. The summed E-state index contributed by atoms with van der Waals surface area (Å²) >= 11 is -0.375. The topological polar surface area (TPSA) is 17.1 Å². The van der Waals surface area contributed by atoms with E-state index in [0.717, 1.165) is 0 Å². The average molecular weight is 111 g/mol. The van der Waals surface area contributed by atoms with Crippen LogP contribution < -0.4 is 0 Å². The van der Waals surface area contributed by atoms with Crippen LogP contribution in [0.15, 0.2) is 0 Å². The van der Waals surface area contributed by atoms with E-state index in [4.69, 9.17) is 0 Å². The maximum atomic E-state index is 9.69. The second-order valence-electron chi connectivity index (χ2n) is 1.14. The van der Waals surface area contributed by atoms with Gasteiger partial charge in [-0.1, -0.05) is 0 Å². The quantitative estimate of drug-likeness (QED) is 0.497. The van der Waals surface area contributed by atoms with Crippen molar-refractivity contribution in [3.05, 3.63) is 0 Å². The molecule has 0 aromatic rings. The second kappa shape index (κ2) is 2.56. The fraction of sp³-hybridized carbons (Fsp3) is 1.00. The molecule has 2 heteroatoms. The van der Waals surface area contributed by atoms with Crippen molar-refractivity contribution in [3.8, 4) is 0 Å². The molecule has 0 saturated heterocycles. The van der Waals surface area contributed by atoms with Crippen LogP contribution in [-0.4, -0.2) is 0 Å². The van der Waals surface area contributed by atoms with Crippen LogP contribution in [0.4, 0.5) is 0 Å². The molecule has 0 amide bonds. The van der Waals surface area contributed by atoms with Gasteiger partial charge in [0.05, 0.1) is 0 Å². The minimum atomic E-state index is -0.375. The van der Waals surface area contributed by atoms with Crippen molar-refractivity contribution >= 4 is 0 Å². The molecule has 0 N–H and O–H groups in total. The molecule has 0 radical (unpaired) electrons. The third kappa shape index (κ3) is 4.33. The van der Waals surface area contributed by atoms with Gasteiger partial charge in [-0.2, -0.15) is 0 Å². The van der Waals surface area contributed by atoms with Gasteiger partial charge >= 0.3 is 37.6 Å². The Morgan fingerprint density at radius 3 is 1.80 bits per heavy atom. The average Bonchev–Trinajstić information content (AvgIpc) is 1.38. The molecular weight excluding hydrogens is 104 g/mol. The zero-order valence-corrected chi connectivity index (χ0v) is 4.67. The predicted octanol–water partition coefficient (Wildman–Crippen LogP) is 1.24. The second-order valence-corrected chi connectivity index (χ2v) is 2.92. The molecule has 0 spiro atoms. The molecule has 0 atom stereocenters. The summed E-state index contributed by atoms with van der Waals surface area (Å²) in [5, 5.41) is 0. The molecule has 0 aromatic heterocycles. The molecule has 0 aliphatic heterocycles. The molecule has 0 unspecified atom stereocenters. The Bertz CT molecular complexity index is 33.9. The summed E-state index contributed by atoms with van der Waals surface area (Å²) in [6, 6.07) is 0. The Balaban J connectivity index is 2.83. The fourth-order valence-electron chi connectivity index (χ4n) is 0. The summed E-state index contributed by atoms with van der Waals surface area (Å²) in [4.78, 5) is 0. The third-order valence-electron chi connectivity index (χ3n) is 0.192. The van der Waals surface area contributed by atoms with E-state index in [0.29, 0.717) is 4.78 Å². The Morgan fingerprint density at radius 2 is 1.80 bits per heavy atom. The van der Waals surface area contributed by atoms with Gasteiger partial charge in [0.25, 0.3) is 0 Å². The molecule has 5 heavy (non-hydrogen) atoms. The Hall–Kier alpha value is 0.332. The van der Waals surface area contributed by atoms with Gasteiger partial charge < -0.3 is 0 Å². The summed E-state index contributed by atoms with van der Waals surface area (Å²) < 4.78 is 10.1. The van der Waals surface area contributed by atoms with Crippen molar-refractivity contribution in [2.75, 3.05) is 0 Å². The van der Waals surface area contributed by atoms with Crippen molar-refractivity contribution in [2.45, 2.75) is 18.6 Å². The van der Waals surface area contributed by atoms with Gasteiger partial charge in [0.2, 0.25) is 0 Å². The molecular formula is C3H7CrO. The molecule has 31 valence electrons. The summed E-state index contributed by atoms with van der Waals surface area (Å²) in [5.74, 6) is 0. The van der Waals surface area contributed by atoms with Crippen molar-refractivity contribution in [1.29, 1.82) is 0 Å². The molecule has 0 fully saturated rings. The van der Waals surface area contributed by atoms with Gasteiger partial charge in [0, 0.05) is 0 Å². The van der Waals surface area contributed by atoms with Crippen LogP contribution in [-0.2, 0) is 19.0 Å². The van der Waals surface area contributed by atoms with E-state index < -0.39 is 0 Å². The first-order valence-electron chi connectivity index (χ1n) is 1.56. The first kappa shape index (κ1) is 5.33. The summed E-state index contributed by atoms with van der Waals surface area (Å²) in [5.41, 5.74) is 0. The van der Waals surface area contributed by atoms with Gasteiger partial charge in [0.1, 0.15) is 0 Å². The molecule has 0 rings (SSSR count). The van der Waals surface area contributed by atoms with Crippen molar-refractivity contribution < 1.29 is 19.0 Å². The number of rotatable bonds is 1. The van der Waals surface area contributed by atoms with Crippen LogP contribution in [0, 0.1) is 0 Å². The van der Waals surface area contributed by atoms with E-state index >= 15 is 0 Å². The van der Waals surface area contributed by atoms with Crippen molar-refractivity contribution in [2.24, 2.45) is 0 Å². The summed E-state index contributed by atoms with van der Waals surface area (Å²) in [6.45, 7) is 3.88. The predicted molar refractivity (Wildman–Crippen MR) is 15.8 cm³/mol. The number of hydrogen-bond acceptors (Lipinski definition) is 1. The third-order valence-corrected chi connectivity index (χ3v) is 0.793. The van der Waals surface area contributed by atoms with Crippen LogP contribution in [0.3, 0.4) is 0 Å². The first-order chi connectivity index (χ1) is 2.27. The van der Waals surface area contributed by atoms with Gasteiger partial charge in [-0.15, -0.1) is 0 Å². The molecule has 0 aliphatic rings. The van der Waals surface area contributed by atoms with Crippen LogP contribution in [0.5, 0.6) is 0 Å². The van der Waals surface area contributed by atoms with Gasteiger partial charge in [-0.3, -0.25) is 0 Å². The fourth-order valence-corrected chi connectivity index (χ4v) is 0. The zero-order chi connectivity index (χ0) is 4.28. The van der Waals surface area contributed by atoms with Gasteiger partial charge in [-0.25, -0.2) is 0 Å². The molecule has 0 bridgehead atoms. The Morgan fingerprint density at radius 1 is 1.60 bits per heavy atom. The van der Waals surface area contributed by atoms with E-state index in [9.17, 15) is 3.80 Å². The van der Waals surface area contributed by atoms with E-state index in [1.54, 1.807) is 0 Å². The van der Waals surface area contributed by atoms with E-state index in [-0.39, 0.29) is 15.2 Å². The molecule has 1 nitrogen and oxygen atoms in total. The maximum absolute atomic E-state index is 9.69. The van der Waals surface area contributed by atoms with E-state index in [1.165, 1.54) is 0 Å². The van der Waals surface area contributed by atoms with Crippen LogP contribution in [0.1, 0.15) is 13.8 Å². The standard InChI is InChI=1S/C3H7.Cr.O/c1-3-2;;/h3H,1-2H3;;. The van der Waals surface area contributed by atoms with Crippen LogP contribution in [0.25, 0.3) is 0 Å². The van der Waals surface area contributed by atoms with Crippen LogP contribution >= 0.6 is 0 Å². The van der Waals surface area contributed by atoms with Crippen LogP contribution in [0.2, 0.25) is 4.78 Å². The Labute approximate surface area is 38.3 Å². The SMILES string of the molecule is C[CH](C)[Cr]=[O]. The molecule has 0 heterocycles. The summed E-state index contributed by atoms with van der Waals surface area (Å²) in [6.07, 6.45) is 0. The minimum absolute atomic E-state index is 0.375. The van der Waals surface area contributed by atoms with E-state index in [1.807, 2.05) is 13.8 Å².